The van der Waals surface area contributed by atoms with Crippen molar-refractivity contribution in [1.82, 2.24) is 0 Å². The van der Waals surface area contributed by atoms with E-state index >= 15 is 0 Å². The van der Waals surface area contributed by atoms with E-state index in [4.69, 9.17) is 4.74 Å². The molecule has 0 aromatic heterocycles. The van der Waals surface area contributed by atoms with Crippen LogP contribution in [0.4, 0.5) is 17.6 Å². The summed E-state index contributed by atoms with van der Waals surface area (Å²) in [6.45, 7) is 0.263. The minimum absolute atomic E-state index is 0.176. The highest BCUT2D eigenvalue weighted by molar-refractivity contribution is 5.45. The highest BCUT2D eigenvalue weighted by Gasteiger charge is 2.35. The van der Waals surface area contributed by atoms with Gasteiger partial charge in [-0.1, -0.05) is 50.3 Å². The molecule has 2 nitrogen and oxygen atoms in total. The van der Waals surface area contributed by atoms with Crippen molar-refractivity contribution in [2.45, 2.75) is 64.1 Å². The van der Waals surface area contributed by atoms with Gasteiger partial charge in [0.05, 0.1) is 6.61 Å². The maximum absolute atomic E-state index is 14.7. The normalized spacial score (nSPS) is 18.8. The van der Waals surface area contributed by atoms with E-state index in [0.717, 1.165) is 32.1 Å². The second-order valence-corrected chi connectivity index (χ2v) is 7.52. The van der Waals surface area contributed by atoms with E-state index in [9.17, 15) is 17.6 Å². The van der Waals surface area contributed by atoms with Crippen molar-refractivity contribution >= 4 is 0 Å². The minimum Gasteiger partial charge on any atom is -0.490 e. The zero-order valence-electron chi connectivity index (χ0n) is 15.4. The predicted molar refractivity (Wildman–Crippen MR) is 95.3 cm³/mol. The molecule has 2 fully saturated rings. The fourth-order valence-electron chi connectivity index (χ4n) is 3.72. The Morgan fingerprint density at radius 1 is 1.04 bits per heavy atom. The molecule has 150 valence electrons. The van der Waals surface area contributed by atoms with E-state index in [1.807, 2.05) is 12.2 Å². The summed E-state index contributed by atoms with van der Waals surface area (Å²) in [6, 6.07) is 2.86. The fourth-order valence-corrected chi connectivity index (χ4v) is 3.72. The molecular weight excluding hydrogens is 360 g/mol. The van der Waals surface area contributed by atoms with Crippen LogP contribution in [0.1, 0.15) is 56.9 Å². The van der Waals surface area contributed by atoms with Crippen LogP contribution in [0.3, 0.4) is 0 Å². The van der Waals surface area contributed by atoms with Crippen LogP contribution in [0.25, 0.3) is 0 Å². The summed E-state index contributed by atoms with van der Waals surface area (Å²) in [7, 11) is 0. The quantitative estimate of drug-likeness (QED) is 0.371. The van der Waals surface area contributed by atoms with E-state index in [0.29, 0.717) is 11.8 Å². The summed E-state index contributed by atoms with van der Waals surface area (Å²) in [6.07, 6.45) is 7.96. The molecule has 0 N–H and O–H groups in total. The molecule has 0 radical (unpaired) electrons. The van der Waals surface area contributed by atoms with Crippen LogP contribution in [0.2, 0.25) is 0 Å². The number of allylic oxidation sites excluding steroid dienone is 2. The summed E-state index contributed by atoms with van der Waals surface area (Å²) in [4.78, 5) is 0. The van der Waals surface area contributed by atoms with Crippen molar-refractivity contribution in [2.24, 2.45) is 11.8 Å². The molecular formula is C21H26F4O2. The second kappa shape index (κ2) is 8.98. The van der Waals surface area contributed by atoms with Gasteiger partial charge in [0.25, 0.3) is 0 Å². The van der Waals surface area contributed by atoms with Crippen LogP contribution in [-0.2, 0) is 6.42 Å². The van der Waals surface area contributed by atoms with Gasteiger partial charge in [-0.3, -0.25) is 0 Å². The lowest BCUT2D eigenvalue weighted by Gasteiger charge is -2.25. The maximum Gasteiger partial charge on any atom is 0.573 e. The number of hydrogen-bond acceptors (Lipinski definition) is 2. The van der Waals surface area contributed by atoms with Gasteiger partial charge in [-0.05, 0) is 49.1 Å². The topological polar surface area (TPSA) is 18.5 Å². The molecule has 0 unspecified atom stereocenters. The summed E-state index contributed by atoms with van der Waals surface area (Å²) < 4.78 is 62.3. The minimum atomic E-state index is -4.97. The van der Waals surface area contributed by atoms with E-state index in [1.54, 1.807) is 0 Å². The molecule has 2 saturated carbocycles. The summed E-state index contributed by atoms with van der Waals surface area (Å²) in [5, 5.41) is 0. The molecule has 2 aliphatic carbocycles. The largest absolute Gasteiger partial charge is 0.573 e. The number of halogens is 4. The van der Waals surface area contributed by atoms with E-state index in [2.05, 4.69) is 4.74 Å². The van der Waals surface area contributed by atoms with Crippen molar-refractivity contribution in [2.75, 3.05) is 6.61 Å². The van der Waals surface area contributed by atoms with Gasteiger partial charge in [0.2, 0.25) is 5.75 Å². The summed E-state index contributed by atoms with van der Waals surface area (Å²) >= 11 is 0. The number of alkyl halides is 3. The Morgan fingerprint density at radius 3 is 2.41 bits per heavy atom. The Bertz CT molecular complexity index is 644. The van der Waals surface area contributed by atoms with Gasteiger partial charge in [-0.15, -0.1) is 13.2 Å². The van der Waals surface area contributed by atoms with E-state index < -0.39 is 17.9 Å². The molecule has 0 heterocycles. The second-order valence-electron chi connectivity index (χ2n) is 7.52. The lowest BCUT2D eigenvalue weighted by atomic mass is 9.83. The molecule has 3 rings (SSSR count). The molecule has 6 heteroatoms. The van der Waals surface area contributed by atoms with Gasteiger partial charge in [-0.25, -0.2) is 4.39 Å². The zero-order valence-corrected chi connectivity index (χ0v) is 15.4. The number of benzene rings is 1. The molecule has 0 aliphatic heterocycles. The standard InChI is InChI=1S/C21H26F4O2/c22-19-17(10-4-9-15-5-1-2-6-15)11-12-18(20(19)27-21(23,24)25)26-14-13-16-7-3-8-16/h4,9,11-12,15-16H,1-3,5-8,10,13-14H2/b9-4+. The first-order valence-corrected chi connectivity index (χ1v) is 9.79. The monoisotopic (exact) mass is 386 g/mol. The molecule has 0 saturated heterocycles. The van der Waals surface area contributed by atoms with Crippen LogP contribution in [0, 0.1) is 17.7 Å². The van der Waals surface area contributed by atoms with Gasteiger partial charge in [-0.2, -0.15) is 0 Å². The van der Waals surface area contributed by atoms with Gasteiger partial charge in [0, 0.05) is 0 Å². The predicted octanol–water partition coefficient (Wildman–Crippen LogP) is 6.58. The Labute approximate surface area is 157 Å². The molecule has 27 heavy (non-hydrogen) atoms. The first kappa shape index (κ1) is 20.0. The first-order valence-electron chi connectivity index (χ1n) is 9.79. The van der Waals surface area contributed by atoms with Crippen molar-refractivity contribution in [1.29, 1.82) is 0 Å². The van der Waals surface area contributed by atoms with Crippen molar-refractivity contribution in [3.8, 4) is 11.5 Å². The van der Waals surface area contributed by atoms with Gasteiger partial charge >= 0.3 is 6.36 Å². The Balaban J connectivity index is 1.69. The average molecular weight is 386 g/mol. The van der Waals surface area contributed by atoms with Gasteiger partial charge < -0.3 is 9.47 Å². The zero-order chi connectivity index (χ0) is 19.3. The highest BCUT2D eigenvalue weighted by atomic mass is 19.4. The molecule has 0 spiro atoms. The third-order valence-corrected chi connectivity index (χ3v) is 5.51. The molecule has 1 aromatic rings. The van der Waals surface area contributed by atoms with E-state index in [-0.39, 0.29) is 24.3 Å². The van der Waals surface area contributed by atoms with Crippen molar-refractivity contribution < 1.29 is 27.0 Å². The molecule has 0 bridgehead atoms. The van der Waals surface area contributed by atoms with E-state index in [1.165, 1.54) is 31.4 Å². The number of ether oxygens (including phenoxy) is 2. The van der Waals surface area contributed by atoms with Gasteiger partial charge in [0.15, 0.2) is 11.6 Å². The Hall–Kier alpha value is -1.72. The van der Waals surface area contributed by atoms with Crippen LogP contribution in [-0.4, -0.2) is 13.0 Å². The average Bonchev–Trinajstić information content (AvgIpc) is 3.07. The smallest absolute Gasteiger partial charge is 0.490 e. The maximum atomic E-state index is 14.7. The summed E-state index contributed by atoms with van der Waals surface area (Å²) in [5.41, 5.74) is 0.176. The molecule has 0 atom stereocenters. The van der Waals surface area contributed by atoms with Crippen LogP contribution >= 0.6 is 0 Å². The number of rotatable bonds is 8. The van der Waals surface area contributed by atoms with Gasteiger partial charge in [0.1, 0.15) is 0 Å². The molecule has 0 amide bonds. The first-order chi connectivity index (χ1) is 12.9. The molecule has 2 aliphatic rings. The van der Waals surface area contributed by atoms with Crippen molar-refractivity contribution in [3.05, 3.63) is 35.7 Å². The van der Waals surface area contributed by atoms with Crippen LogP contribution < -0.4 is 9.47 Å². The fraction of sp³-hybridized carbons (Fsp3) is 0.619. The highest BCUT2D eigenvalue weighted by Crippen LogP contribution is 2.38. The molecule has 1 aromatic carbocycles. The van der Waals surface area contributed by atoms with Crippen LogP contribution in [0.15, 0.2) is 24.3 Å². The van der Waals surface area contributed by atoms with Crippen LogP contribution in [0.5, 0.6) is 11.5 Å². The Morgan fingerprint density at radius 2 is 1.78 bits per heavy atom. The summed E-state index contributed by atoms with van der Waals surface area (Å²) in [5.74, 6) is -0.991. The SMILES string of the molecule is Fc1c(C/C=C/C2CCCC2)ccc(OCCC2CCC2)c1OC(F)(F)F. The Kier molecular flexibility index (Phi) is 6.66. The van der Waals surface area contributed by atoms with Crippen molar-refractivity contribution in [3.63, 3.8) is 0 Å². The third-order valence-electron chi connectivity index (χ3n) is 5.51. The third kappa shape index (κ3) is 5.88. The number of hydrogen-bond donors (Lipinski definition) is 0. The lowest BCUT2D eigenvalue weighted by Crippen LogP contribution is -2.20. The lowest BCUT2D eigenvalue weighted by molar-refractivity contribution is -0.276.